The Morgan fingerprint density at radius 3 is 2.79 bits per heavy atom. The van der Waals surface area contributed by atoms with Crippen molar-refractivity contribution < 1.29 is 4.79 Å². The second-order valence-electron chi connectivity index (χ2n) is 4.49. The van der Waals surface area contributed by atoms with Crippen LogP contribution in [-0.4, -0.2) is 21.7 Å². The molecule has 0 aliphatic carbocycles. The van der Waals surface area contributed by atoms with Crippen molar-refractivity contribution in [2.45, 2.75) is 19.4 Å². The molecule has 0 fully saturated rings. The zero-order valence-electron chi connectivity index (χ0n) is 10.5. The summed E-state index contributed by atoms with van der Waals surface area (Å²) in [5.74, 6) is -0.487. The molecule has 100 valence electrons. The molecule has 1 amide bonds. The van der Waals surface area contributed by atoms with Crippen molar-refractivity contribution in [1.29, 1.82) is 0 Å². The minimum absolute atomic E-state index is 0.105. The van der Waals surface area contributed by atoms with Gasteiger partial charge in [0.25, 0.3) is 5.91 Å². The van der Waals surface area contributed by atoms with Gasteiger partial charge in [-0.15, -0.1) is 0 Å². The third kappa shape index (κ3) is 3.21. The van der Waals surface area contributed by atoms with Crippen molar-refractivity contribution in [3.63, 3.8) is 0 Å². The second kappa shape index (κ2) is 5.54. The minimum Gasteiger partial charge on any atom is -0.366 e. The van der Waals surface area contributed by atoms with E-state index in [0.717, 1.165) is 22.1 Å². The zero-order chi connectivity index (χ0) is 14.0. The normalized spacial score (nSPS) is 12.4. The average Bonchev–Trinajstić information content (AvgIpc) is 2.80. The van der Waals surface area contributed by atoms with E-state index in [2.05, 4.69) is 21.0 Å². The van der Waals surface area contributed by atoms with Crippen LogP contribution in [0.3, 0.4) is 0 Å². The van der Waals surface area contributed by atoms with Crippen LogP contribution in [-0.2, 0) is 6.42 Å². The van der Waals surface area contributed by atoms with Crippen molar-refractivity contribution in [2.24, 2.45) is 11.5 Å². The number of primary amides is 1. The Bertz CT molecular complexity index is 606. The SMILES string of the molecule is CC(N)Cc1ccc(-n2cc(C(N)=O)cn2)cc1Br. The third-order valence-corrected chi connectivity index (χ3v) is 3.45. The number of benzene rings is 1. The number of nitrogens with zero attached hydrogens (tertiary/aromatic N) is 2. The Labute approximate surface area is 119 Å². The zero-order valence-corrected chi connectivity index (χ0v) is 12.1. The molecule has 1 unspecified atom stereocenters. The number of carbonyl (C=O) groups is 1. The molecular weight excluding hydrogens is 308 g/mol. The van der Waals surface area contributed by atoms with Crippen LogP contribution in [0.15, 0.2) is 35.1 Å². The van der Waals surface area contributed by atoms with Crippen molar-refractivity contribution in [1.82, 2.24) is 9.78 Å². The molecule has 0 saturated carbocycles. The lowest BCUT2D eigenvalue weighted by molar-refractivity contribution is 0.100. The van der Waals surface area contributed by atoms with E-state index in [0.29, 0.717) is 5.56 Å². The number of hydrogen-bond acceptors (Lipinski definition) is 3. The summed E-state index contributed by atoms with van der Waals surface area (Å²) in [6, 6.07) is 5.97. The van der Waals surface area contributed by atoms with Gasteiger partial charge in [-0.3, -0.25) is 4.79 Å². The van der Waals surface area contributed by atoms with E-state index in [4.69, 9.17) is 11.5 Å². The Balaban J connectivity index is 2.30. The molecule has 2 aromatic rings. The highest BCUT2D eigenvalue weighted by Crippen LogP contribution is 2.22. The molecule has 0 spiro atoms. The molecule has 1 atom stereocenters. The number of hydrogen-bond donors (Lipinski definition) is 2. The van der Waals surface area contributed by atoms with Crippen LogP contribution in [0.5, 0.6) is 0 Å². The molecule has 5 nitrogen and oxygen atoms in total. The number of nitrogens with two attached hydrogens (primary N) is 2. The van der Waals surface area contributed by atoms with Crippen molar-refractivity contribution in [3.05, 3.63) is 46.2 Å². The summed E-state index contributed by atoms with van der Waals surface area (Å²) in [6.07, 6.45) is 3.86. The smallest absolute Gasteiger partial charge is 0.251 e. The van der Waals surface area contributed by atoms with E-state index in [9.17, 15) is 4.79 Å². The first kappa shape index (κ1) is 13.8. The highest BCUT2D eigenvalue weighted by molar-refractivity contribution is 9.10. The second-order valence-corrected chi connectivity index (χ2v) is 5.35. The Kier molecular flexibility index (Phi) is 4.01. The van der Waals surface area contributed by atoms with Gasteiger partial charge in [0.15, 0.2) is 0 Å². The van der Waals surface area contributed by atoms with Crippen LogP contribution in [0.4, 0.5) is 0 Å². The molecular formula is C13H15BrN4O. The fourth-order valence-electron chi connectivity index (χ4n) is 1.78. The van der Waals surface area contributed by atoms with Gasteiger partial charge < -0.3 is 11.5 Å². The van der Waals surface area contributed by atoms with Crippen molar-refractivity contribution >= 4 is 21.8 Å². The average molecular weight is 323 g/mol. The summed E-state index contributed by atoms with van der Waals surface area (Å²) in [4.78, 5) is 11.0. The van der Waals surface area contributed by atoms with Crippen molar-refractivity contribution in [3.8, 4) is 5.69 Å². The maximum Gasteiger partial charge on any atom is 0.251 e. The van der Waals surface area contributed by atoms with E-state index in [-0.39, 0.29) is 6.04 Å². The quantitative estimate of drug-likeness (QED) is 0.896. The van der Waals surface area contributed by atoms with Crippen LogP contribution in [0.1, 0.15) is 22.8 Å². The molecule has 6 heteroatoms. The maximum atomic E-state index is 11.0. The molecule has 1 aromatic carbocycles. The predicted octanol–water partition coefficient (Wildman–Crippen LogP) is 1.62. The van der Waals surface area contributed by atoms with E-state index in [1.165, 1.54) is 6.20 Å². The van der Waals surface area contributed by atoms with Gasteiger partial charge >= 0.3 is 0 Å². The Hall–Kier alpha value is -1.66. The largest absolute Gasteiger partial charge is 0.366 e. The van der Waals surface area contributed by atoms with Crippen LogP contribution < -0.4 is 11.5 Å². The lowest BCUT2D eigenvalue weighted by atomic mass is 10.1. The molecule has 2 rings (SSSR count). The fraction of sp³-hybridized carbons (Fsp3) is 0.231. The molecule has 19 heavy (non-hydrogen) atoms. The first-order valence-electron chi connectivity index (χ1n) is 5.86. The van der Waals surface area contributed by atoms with Gasteiger partial charge in [0.2, 0.25) is 0 Å². The van der Waals surface area contributed by atoms with Crippen LogP contribution in [0.25, 0.3) is 5.69 Å². The molecule has 0 saturated heterocycles. The van der Waals surface area contributed by atoms with Crippen LogP contribution in [0, 0.1) is 0 Å². The molecule has 0 aliphatic rings. The monoisotopic (exact) mass is 322 g/mol. The Morgan fingerprint density at radius 1 is 1.53 bits per heavy atom. The lowest BCUT2D eigenvalue weighted by Crippen LogP contribution is -2.18. The highest BCUT2D eigenvalue weighted by atomic mass is 79.9. The topological polar surface area (TPSA) is 86.9 Å². The summed E-state index contributed by atoms with van der Waals surface area (Å²) in [7, 11) is 0. The molecule has 0 bridgehead atoms. The summed E-state index contributed by atoms with van der Waals surface area (Å²) in [6.45, 7) is 1.97. The van der Waals surface area contributed by atoms with E-state index in [1.54, 1.807) is 10.9 Å². The highest BCUT2D eigenvalue weighted by Gasteiger charge is 2.08. The number of amides is 1. The van der Waals surface area contributed by atoms with E-state index < -0.39 is 5.91 Å². The first-order valence-corrected chi connectivity index (χ1v) is 6.65. The summed E-state index contributed by atoms with van der Waals surface area (Å²) >= 11 is 3.52. The van der Waals surface area contributed by atoms with E-state index in [1.807, 2.05) is 25.1 Å². The van der Waals surface area contributed by atoms with Gasteiger partial charge in [-0.25, -0.2) is 4.68 Å². The number of aromatic nitrogens is 2. The van der Waals surface area contributed by atoms with Crippen LogP contribution in [0.2, 0.25) is 0 Å². The third-order valence-electron chi connectivity index (χ3n) is 2.71. The molecule has 1 aromatic heterocycles. The minimum atomic E-state index is -0.487. The summed E-state index contributed by atoms with van der Waals surface area (Å²) in [5, 5.41) is 4.11. The standard InChI is InChI=1S/C13H15BrN4O/c1-8(15)4-9-2-3-11(5-12(9)14)18-7-10(6-17-18)13(16)19/h2-3,5-8H,4,15H2,1H3,(H2,16,19). The van der Waals surface area contributed by atoms with Gasteiger partial charge in [0.1, 0.15) is 0 Å². The van der Waals surface area contributed by atoms with Gasteiger partial charge in [0, 0.05) is 16.7 Å². The summed E-state index contributed by atoms with van der Waals surface area (Å²) < 4.78 is 2.58. The number of rotatable bonds is 4. The van der Waals surface area contributed by atoms with E-state index >= 15 is 0 Å². The van der Waals surface area contributed by atoms with Crippen molar-refractivity contribution in [2.75, 3.05) is 0 Å². The fourth-order valence-corrected chi connectivity index (χ4v) is 2.31. The molecule has 0 radical (unpaired) electrons. The molecule has 1 heterocycles. The first-order chi connectivity index (χ1) is 8.97. The van der Waals surface area contributed by atoms with Gasteiger partial charge in [-0.05, 0) is 31.0 Å². The number of halogens is 1. The molecule has 0 aliphatic heterocycles. The summed E-state index contributed by atoms with van der Waals surface area (Å²) in [5.41, 5.74) is 13.4. The predicted molar refractivity (Wildman–Crippen MR) is 77.1 cm³/mol. The van der Waals surface area contributed by atoms with Gasteiger partial charge in [-0.1, -0.05) is 22.0 Å². The Morgan fingerprint density at radius 2 is 2.26 bits per heavy atom. The maximum absolute atomic E-state index is 11.0. The molecule has 4 N–H and O–H groups in total. The van der Waals surface area contributed by atoms with Gasteiger partial charge in [-0.2, -0.15) is 5.10 Å². The lowest BCUT2D eigenvalue weighted by Gasteiger charge is -2.09. The van der Waals surface area contributed by atoms with Crippen LogP contribution >= 0.6 is 15.9 Å². The number of carbonyl (C=O) groups excluding carboxylic acids is 1. The van der Waals surface area contributed by atoms with Gasteiger partial charge in [0.05, 0.1) is 17.4 Å².